The van der Waals surface area contributed by atoms with Crippen molar-refractivity contribution in [3.05, 3.63) is 60.5 Å². The van der Waals surface area contributed by atoms with E-state index < -0.39 is 11.5 Å². The van der Waals surface area contributed by atoms with Crippen LogP contribution in [-0.4, -0.2) is 43.2 Å². The zero-order chi connectivity index (χ0) is 27.7. The smallest absolute Gasteiger partial charge is 0.274 e. The molecule has 1 aromatic heterocycles. The Labute approximate surface area is 220 Å². The molecule has 3 aromatic rings. The van der Waals surface area contributed by atoms with Crippen molar-refractivity contribution in [3.8, 4) is 46.6 Å². The number of hydrogen-bond donors (Lipinski definition) is 3. The second-order valence-corrected chi connectivity index (χ2v) is 9.00. The van der Waals surface area contributed by atoms with Gasteiger partial charge in [-0.3, -0.25) is 9.36 Å². The number of methoxy groups -OCH3 is 4. The van der Waals surface area contributed by atoms with Gasteiger partial charge in [0.15, 0.2) is 23.0 Å². The van der Waals surface area contributed by atoms with E-state index in [0.29, 0.717) is 11.1 Å². The molecule has 1 atom stereocenters. The lowest BCUT2D eigenvalue weighted by Gasteiger charge is -2.23. The summed E-state index contributed by atoms with van der Waals surface area (Å²) in [5.41, 5.74) is 6.77. The van der Waals surface area contributed by atoms with Crippen molar-refractivity contribution < 1.29 is 29.2 Å². The normalized spacial score (nSPS) is 14.9. The van der Waals surface area contributed by atoms with E-state index in [0.717, 1.165) is 15.9 Å². The third-order valence-electron chi connectivity index (χ3n) is 6.02. The number of benzene rings is 2. The first-order valence-electron chi connectivity index (χ1n) is 10.9. The zero-order valence-electron chi connectivity index (χ0n) is 20.7. The highest BCUT2D eigenvalue weighted by atomic mass is 32.1. The predicted octanol–water partition coefficient (Wildman–Crippen LogP) is 1.31. The summed E-state index contributed by atoms with van der Waals surface area (Å²) >= 11 is 1.01. The zero-order valence-corrected chi connectivity index (χ0v) is 21.5. The number of aromatic nitrogens is 1. The third-order valence-corrected chi connectivity index (χ3v) is 7.13. The Morgan fingerprint density at radius 3 is 1.82 bits per heavy atom. The Balaban J connectivity index is 2.05. The number of nitrogens with two attached hydrogens (primary N) is 1. The van der Waals surface area contributed by atoms with Gasteiger partial charge < -0.3 is 34.9 Å². The number of phenolic OH excluding ortho intramolecular Hbond substituents is 2. The predicted molar refractivity (Wildman–Crippen MR) is 139 cm³/mol. The Morgan fingerprint density at radius 2 is 1.37 bits per heavy atom. The SMILES string of the molecule is COc1cc(/C=c2\sc3n(c2=O)C(N)=C(C#N)[C@@H](c2cc(OC)c(O)c(OC)c2)C=3C#N)cc(OC)c1O. The van der Waals surface area contributed by atoms with Crippen LogP contribution in [0.4, 0.5) is 0 Å². The van der Waals surface area contributed by atoms with Crippen LogP contribution >= 0.6 is 11.3 Å². The molecule has 12 heteroatoms. The topological polar surface area (TPSA) is 173 Å². The first kappa shape index (κ1) is 26.0. The first-order valence-corrected chi connectivity index (χ1v) is 11.7. The molecule has 2 aromatic carbocycles. The fourth-order valence-corrected chi connectivity index (χ4v) is 5.34. The van der Waals surface area contributed by atoms with Gasteiger partial charge in [-0.15, -0.1) is 11.3 Å². The van der Waals surface area contributed by atoms with Gasteiger partial charge in [-0.05, 0) is 41.5 Å². The van der Waals surface area contributed by atoms with Crippen molar-refractivity contribution in [2.24, 2.45) is 5.73 Å². The van der Waals surface area contributed by atoms with E-state index in [2.05, 4.69) is 6.07 Å². The Kier molecular flexibility index (Phi) is 6.93. The van der Waals surface area contributed by atoms with Crippen molar-refractivity contribution >= 4 is 28.8 Å². The number of ether oxygens (including phenoxy) is 4. The molecule has 2 heterocycles. The average Bonchev–Trinajstić information content (AvgIpc) is 3.25. The van der Waals surface area contributed by atoms with Crippen LogP contribution < -0.4 is 39.4 Å². The van der Waals surface area contributed by atoms with Crippen molar-refractivity contribution in [1.82, 2.24) is 4.57 Å². The number of allylic oxidation sites excluding steroid dienone is 1. The van der Waals surface area contributed by atoms with Crippen LogP contribution in [0.1, 0.15) is 17.0 Å². The highest BCUT2D eigenvalue weighted by Crippen LogP contribution is 2.44. The van der Waals surface area contributed by atoms with Gasteiger partial charge in [0, 0.05) is 0 Å². The van der Waals surface area contributed by atoms with E-state index in [1.54, 1.807) is 6.08 Å². The first-order chi connectivity index (χ1) is 18.2. The second-order valence-electron chi connectivity index (χ2n) is 7.97. The maximum Gasteiger partial charge on any atom is 0.274 e. The minimum absolute atomic E-state index is 0.0248. The Bertz CT molecular complexity index is 1710. The molecule has 194 valence electrons. The van der Waals surface area contributed by atoms with E-state index in [9.17, 15) is 25.5 Å². The summed E-state index contributed by atoms with van der Waals surface area (Å²) in [6, 6.07) is 10.2. The molecule has 0 radical (unpaired) electrons. The quantitative estimate of drug-likeness (QED) is 0.418. The van der Waals surface area contributed by atoms with Crippen LogP contribution in [-0.2, 0) is 0 Å². The molecule has 0 unspecified atom stereocenters. The van der Waals surface area contributed by atoms with Crippen LogP contribution in [0, 0.1) is 22.7 Å². The molecule has 4 N–H and O–H groups in total. The second kappa shape index (κ2) is 10.1. The molecule has 38 heavy (non-hydrogen) atoms. The third kappa shape index (κ3) is 4.03. The summed E-state index contributed by atoms with van der Waals surface area (Å²) in [6.07, 6.45) is 1.54. The monoisotopic (exact) mass is 534 g/mol. The largest absolute Gasteiger partial charge is 0.502 e. The number of rotatable bonds is 6. The van der Waals surface area contributed by atoms with E-state index in [-0.39, 0.29) is 60.7 Å². The molecule has 0 spiro atoms. The number of thiazole rings is 1. The summed E-state index contributed by atoms with van der Waals surface area (Å²) in [5, 5.41) is 40.7. The van der Waals surface area contributed by atoms with Gasteiger partial charge in [0.1, 0.15) is 10.5 Å². The van der Waals surface area contributed by atoms with Crippen LogP contribution in [0.5, 0.6) is 34.5 Å². The summed E-state index contributed by atoms with van der Waals surface area (Å²) in [6.45, 7) is 0. The molecule has 0 saturated carbocycles. The van der Waals surface area contributed by atoms with Gasteiger partial charge in [0.25, 0.3) is 5.56 Å². The van der Waals surface area contributed by atoms with Gasteiger partial charge in [0.2, 0.25) is 11.5 Å². The molecule has 1 aliphatic heterocycles. The lowest BCUT2D eigenvalue weighted by molar-refractivity contribution is 0.339. The maximum absolute atomic E-state index is 13.4. The van der Waals surface area contributed by atoms with Gasteiger partial charge in [-0.2, -0.15) is 10.5 Å². The van der Waals surface area contributed by atoms with E-state index >= 15 is 0 Å². The molecule has 4 rings (SSSR count). The van der Waals surface area contributed by atoms with Crippen molar-refractivity contribution in [2.45, 2.75) is 5.92 Å². The lowest BCUT2D eigenvalue weighted by atomic mass is 9.84. The Morgan fingerprint density at radius 1 is 0.895 bits per heavy atom. The van der Waals surface area contributed by atoms with Crippen LogP contribution in [0.3, 0.4) is 0 Å². The summed E-state index contributed by atoms with van der Waals surface area (Å²) in [5.74, 6) is -1.08. The van der Waals surface area contributed by atoms with Crippen molar-refractivity contribution in [3.63, 3.8) is 0 Å². The molecular formula is C26H22N4O7S. The lowest BCUT2D eigenvalue weighted by Crippen LogP contribution is -2.38. The van der Waals surface area contributed by atoms with Crippen LogP contribution in [0.25, 0.3) is 17.5 Å². The molecule has 0 bridgehead atoms. The van der Waals surface area contributed by atoms with E-state index in [1.165, 1.54) is 52.7 Å². The molecule has 1 aliphatic rings. The summed E-state index contributed by atoms with van der Waals surface area (Å²) in [7, 11) is 5.48. The molecular weight excluding hydrogens is 512 g/mol. The number of fused-ring (bicyclic) bond motifs is 1. The number of hydrogen-bond acceptors (Lipinski definition) is 11. The number of phenols is 2. The van der Waals surface area contributed by atoms with Crippen molar-refractivity contribution in [2.75, 3.05) is 28.4 Å². The van der Waals surface area contributed by atoms with E-state index in [4.69, 9.17) is 24.7 Å². The molecule has 0 saturated heterocycles. The number of nitrogens with zero attached hydrogens (tertiary/aromatic N) is 3. The van der Waals surface area contributed by atoms with Gasteiger partial charge in [-0.1, -0.05) is 0 Å². The van der Waals surface area contributed by atoms with Gasteiger partial charge in [-0.25, -0.2) is 0 Å². The molecule has 0 fully saturated rings. The molecule has 0 amide bonds. The highest BCUT2D eigenvalue weighted by molar-refractivity contribution is 7.07. The average molecular weight is 535 g/mol. The molecule has 11 nitrogen and oxygen atoms in total. The fourth-order valence-electron chi connectivity index (χ4n) is 4.21. The number of aromatic hydroxyl groups is 2. The van der Waals surface area contributed by atoms with Crippen LogP contribution in [0.15, 0.2) is 34.6 Å². The number of nitriles is 2. The van der Waals surface area contributed by atoms with E-state index in [1.807, 2.05) is 6.07 Å². The summed E-state index contributed by atoms with van der Waals surface area (Å²) < 4.78 is 22.4. The summed E-state index contributed by atoms with van der Waals surface area (Å²) in [4.78, 5) is 13.4. The Hall–Kier alpha value is -5.07. The minimum Gasteiger partial charge on any atom is -0.502 e. The minimum atomic E-state index is -0.951. The van der Waals surface area contributed by atoms with Crippen molar-refractivity contribution in [1.29, 1.82) is 10.5 Å². The van der Waals surface area contributed by atoms with Gasteiger partial charge >= 0.3 is 0 Å². The van der Waals surface area contributed by atoms with Gasteiger partial charge in [0.05, 0.1) is 62.2 Å². The standard InChI is InChI=1S/C26H22N4O7S/c1-34-16-5-12(6-17(35-2)22(16)31)7-20-25(33)30-24(29)14(10-27)21(15(11-28)26(30)38-20)13-8-18(36-3)23(32)19(9-13)37-4/h5-9,21,31-32H,29H2,1-4H3/b20-7-/t21-/m1/s1. The fraction of sp³-hybridized carbons (Fsp3) is 0.192. The maximum atomic E-state index is 13.4. The van der Waals surface area contributed by atoms with Crippen LogP contribution in [0.2, 0.25) is 0 Å². The highest BCUT2D eigenvalue weighted by Gasteiger charge is 2.33. The molecule has 0 aliphatic carbocycles.